The van der Waals surface area contributed by atoms with Crippen molar-refractivity contribution in [1.82, 2.24) is 5.32 Å². The third-order valence-corrected chi connectivity index (χ3v) is 7.53. The summed E-state index contributed by atoms with van der Waals surface area (Å²) in [6, 6.07) is -0.680. The Labute approximate surface area is 283 Å². The molecule has 0 aromatic carbocycles. The Morgan fingerprint density at radius 3 is 1.52 bits per heavy atom. The normalized spacial score (nSPS) is 14.3. The lowest BCUT2D eigenvalue weighted by atomic mass is 10.1. The molecule has 0 spiro atoms. The van der Waals surface area contributed by atoms with Gasteiger partial charge in [-0.25, -0.2) is 0 Å². The van der Waals surface area contributed by atoms with Crippen LogP contribution in [0, 0.1) is 0 Å². The van der Waals surface area contributed by atoms with Gasteiger partial charge in [-0.05, 0) is 83.5 Å². The van der Waals surface area contributed by atoms with Gasteiger partial charge in [0.15, 0.2) is 0 Å². The maximum absolute atomic E-state index is 12.3. The molecular weight excluding hydrogens is 566 g/mol. The molecule has 2 unspecified atom stereocenters. The second-order valence-electron chi connectivity index (χ2n) is 11.9. The largest absolute Gasteiger partial charge is 0.394 e. The van der Waals surface area contributed by atoms with Crippen LogP contribution >= 0.6 is 0 Å². The number of aliphatic hydroxyl groups is 2. The standard InChI is InChI=1S/C42H69NO3/c1-3-5-7-9-11-13-15-17-19-21-23-25-27-29-31-33-35-37-41(45)40(39-44)43-42(46)38-36-34-32-30-28-26-24-22-20-18-16-14-12-10-8-6-4-2/h6,8,12,14,18-21,24,26-27,29-30,32,35,37,40-41,44-45H,3-5,7,9-11,13,15-17,22-23,25,28,31,33-34,36,38-39H2,1-2H3,(H,43,46)/b8-6-,14-12-,20-18-,21-19+,26-24-,29-27+,32-30-,37-35+. The molecule has 0 rings (SSSR count). The Balaban J connectivity index is 3.86. The number of rotatable bonds is 31. The molecule has 4 nitrogen and oxygen atoms in total. The van der Waals surface area contributed by atoms with E-state index in [0.717, 1.165) is 70.6 Å². The third kappa shape index (κ3) is 32.7. The second kappa shape index (κ2) is 36.8. The summed E-state index contributed by atoms with van der Waals surface area (Å²) in [6.07, 6.45) is 54.9. The van der Waals surface area contributed by atoms with Gasteiger partial charge in [0.25, 0.3) is 0 Å². The Kier molecular flexibility index (Phi) is 34.6. The van der Waals surface area contributed by atoms with Crippen molar-refractivity contribution in [3.63, 3.8) is 0 Å². The van der Waals surface area contributed by atoms with E-state index in [1.165, 1.54) is 51.4 Å². The van der Waals surface area contributed by atoms with Gasteiger partial charge in [0.2, 0.25) is 5.91 Å². The van der Waals surface area contributed by atoms with Crippen LogP contribution in [0.25, 0.3) is 0 Å². The maximum Gasteiger partial charge on any atom is 0.220 e. The lowest BCUT2D eigenvalue weighted by Crippen LogP contribution is -2.45. The van der Waals surface area contributed by atoms with Crippen molar-refractivity contribution in [3.05, 3.63) is 97.2 Å². The Bertz CT molecular complexity index is 906. The van der Waals surface area contributed by atoms with Crippen LogP contribution < -0.4 is 5.32 Å². The Morgan fingerprint density at radius 1 is 0.543 bits per heavy atom. The van der Waals surface area contributed by atoms with Crippen molar-refractivity contribution >= 4 is 5.91 Å². The van der Waals surface area contributed by atoms with Crippen LogP contribution in [-0.4, -0.2) is 34.9 Å². The molecule has 0 saturated heterocycles. The molecule has 4 heteroatoms. The van der Waals surface area contributed by atoms with Gasteiger partial charge in [-0.3, -0.25) is 4.79 Å². The van der Waals surface area contributed by atoms with Crippen molar-refractivity contribution in [2.75, 3.05) is 6.61 Å². The predicted molar refractivity (Wildman–Crippen MR) is 202 cm³/mol. The number of amides is 1. The number of unbranched alkanes of at least 4 members (excludes halogenated alkanes) is 10. The van der Waals surface area contributed by atoms with E-state index in [1.807, 2.05) is 6.08 Å². The van der Waals surface area contributed by atoms with Crippen molar-refractivity contribution in [1.29, 1.82) is 0 Å². The summed E-state index contributed by atoms with van der Waals surface area (Å²) < 4.78 is 0. The summed E-state index contributed by atoms with van der Waals surface area (Å²) in [5, 5.41) is 22.8. The maximum atomic E-state index is 12.3. The smallest absolute Gasteiger partial charge is 0.220 e. The summed E-state index contributed by atoms with van der Waals surface area (Å²) in [4.78, 5) is 12.3. The molecule has 0 radical (unpaired) electrons. The minimum atomic E-state index is -0.898. The van der Waals surface area contributed by atoms with Crippen molar-refractivity contribution in [3.8, 4) is 0 Å². The Hall–Kier alpha value is -2.69. The first kappa shape index (κ1) is 43.3. The van der Waals surface area contributed by atoms with Crippen LogP contribution in [0.15, 0.2) is 97.2 Å². The van der Waals surface area contributed by atoms with Crippen LogP contribution in [0.1, 0.15) is 142 Å². The first-order valence-corrected chi connectivity index (χ1v) is 18.5. The number of carbonyl (C=O) groups excluding carboxylic acids is 1. The minimum absolute atomic E-state index is 0.141. The fraction of sp³-hybridized carbons (Fsp3) is 0.595. The van der Waals surface area contributed by atoms with E-state index >= 15 is 0 Å². The van der Waals surface area contributed by atoms with Gasteiger partial charge in [-0.1, -0.05) is 150 Å². The second-order valence-corrected chi connectivity index (χ2v) is 11.9. The van der Waals surface area contributed by atoms with Crippen molar-refractivity contribution in [2.45, 2.75) is 154 Å². The van der Waals surface area contributed by atoms with E-state index in [9.17, 15) is 15.0 Å². The van der Waals surface area contributed by atoms with Crippen LogP contribution in [0.5, 0.6) is 0 Å². The molecule has 1 amide bonds. The molecule has 0 fully saturated rings. The summed E-state index contributed by atoms with van der Waals surface area (Å²) in [6.45, 7) is 4.12. The van der Waals surface area contributed by atoms with E-state index in [2.05, 4.69) is 104 Å². The lowest BCUT2D eigenvalue weighted by Gasteiger charge is -2.19. The van der Waals surface area contributed by atoms with Crippen LogP contribution in [0.2, 0.25) is 0 Å². The van der Waals surface area contributed by atoms with Gasteiger partial charge in [0.05, 0.1) is 18.8 Å². The number of hydrogen-bond acceptors (Lipinski definition) is 3. The molecule has 0 heterocycles. The number of aliphatic hydroxyl groups excluding tert-OH is 2. The monoisotopic (exact) mass is 636 g/mol. The average molecular weight is 636 g/mol. The zero-order chi connectivity index (χ0) is 33.6. The molecule has 260 valence electrons. The van der Waals surface area contributed by atoms with Gasteiger partial charge in [-0.15, -0.1) is 0 Å². The zero-order valence-corrected chi connectivity index (χ0v) is 29.5. The summed E-state index contributed by atoms with van der Waals surface area (Å²) in [5.74, 6) is -0.141. The molecule has 0 aliphatic rings. The highest BCUT2D eigenvalue weighted by molar-refractivity contribution is 5.76. The molecule has 0 aromatic rings. The molecule has 0 aliphatic heterocycles. The first-order valence-electron chi connectivity index (χ1n) is 18.5. The molecular formula is C42H69NO3. The van der Waals surface area contributed by atoms with E-state index in [4.69, 9.17) is 0 Å². The van der Waals surface area contributed by atoms with Crippen LogP contribution in [0.4, 0.5) is 0 Å². The van der Waals surface area contributed by atoms with Gasteiger partial charge in [-0.2, -0.15) is 0 Å². The molecule has 0 aliphatic carbocycles. The van der Waals surface area contributed by atoms with E-state index in [-0.39, 0.29) is 12.5 Å². The first-order chi connectivity index (χ1) is 22.7. The highest BCUT2D eigenvalue weighted by Gasteiger charge is 2.17. The van der Waals surface area contributed by atoms with Gasteiger partial charge in [0.1, 0.15) is 0 Å². The quantitative estimate of drug-likeness (QED) is 0.0524. The number of nitrogens with one attached hydrogen (secondary N) is 1. The SMILES string of the molecule is CC/C=C\C/C=C\C/C=C\C/C=C\C/C=C\CCCC(=O)NC(CO)C(O)/C=C/CC/C=C/CC/C=C/CCCCCCCCC. The van der Waals surface area contributed by atoms with Crippen molar-refractivity contribution in [2.24, 2.45) is 0 Å². The number of allylic oxidation sites excluding steroid dienone is 15. The molecule has 46 heavy (non-hydrogen) atoms. The van der Waals surface area contributed by atoms with Gasteiger partial charge >= 0.3 is 0 Å². The van der Waals surface area contributed by atoms with Crippen molar-refractivity contribution < 1.29 is 15.0 Å². The van der Waals surface area contributed by atoms with Crippen LogP contribution in [-0.2, 0) is 4.79 Å². The molecule has 0 aromatic heterocycles. The van der Waals surface area contributed by atoms with Crippen LogP contribution in [0.3, 0.4) is 0 Å². The Morgan fingerprint density at radius 2 is 0.978 bits per heavy atom. The zero-order valence-electron chi connectivity index (χ0n) is 29.5. The summed E-state index contributed by atoms with van der Waals surface area (Å²) in [7, 11) is 0. The van der Waals surface area contributed by atoms with E-state index < -0.39 is 12.1 Å². The third-order valence-electron chi connectivity index (χ3n) is 7.53. The highest BCUT2D eigenvalue weighted by atomic mass is 16.3. The fourth-order valence-corrected chi connectivity index (χ4v) is 4.71. The summed E-state index contributed by atoms with van der Waals surface area (Å²) in [5.41, 5.74) is 0. The predicted octanol–water partition coefficient (Wildman–Crippen LogP) is 11.1. The highest BCUT2D eigenvalue weighted by Crippen LogP contribution is 2.09. The molecule has 3 N–H and O–H groups in total. The average Bonchev–Trinajstić information content (AvgIpc) is 3.06. The van der Waals surface area contributed by atoms with Gasteiger partial charge < -0.3 is 15.5 Å². The molecule has 0 bridgehead atoms. The minimum Gasteiger partial charge on any atom is -0.394 e. The van der Waals surface area contributed by atoms with E-state index in [1.54, 1.807) is 6.08 Å². The molecule has 0 saturated carbocycles. The molecule has 2 atom stereocenters. The fourth-order valence-electron chi connectivity index (χ4n) is 4.71. The lowest BCUT2D eigenvalue weighted by molar-refractivity contribution is -0.122. The number of carbonyl (C=O) groups is 1. The summed E-state index contributed by atoms with van der Waals surface area (Å²) >= 11 is 0. The topological polar surface area (TPSA) is 69.6 Å². The number of hydrogen-bond donors (Lipinski definition) is 3. The van der Waals surface area contributed by atoms with E-state index in [0.29, 0.717) is 6.42 Å². The van der Waals surface area contributed by atoms with Gasteiger partial charge in [0, 0.05) is 6.42 Å².